The molecule has 0 amide bonds. The molecule has 0 saturated carbocycles. The monoisotopic (exact) mass is 272 g/mol. The average Bonchev–Trinajstić information content (AvgIpc) is 2.86. The van der Waals surface area contributed by atoms with Crippen molar-refractivity contribution in [2.45, 2.75) is 32.9 Å². The maximum atomic E-state index is 13.7. The van der Waals surface area contributed by atoms with Crippen LogP contribution in [-0.2, 0) is 12.1 Å². The summed E-state index contributed by atoms with van der Waals surface area (Å²) < 4.78 is 15.6. The molecule has 20 heavy (non-hydrogen) atoms. The molecule has 0 atom stereocenters. The number of benzene rings is 1. The number of nitrogens with zero attached hydrogens (tertiary/aromatic N) is 3. The van der Waals surface area contributed by atoms with Gasteiger partial charge < -0.3 is 5.32 Å². The second-order valence-electron chi connectivity index (χ2n) is 5.62. The molecule has 2 aromatic rings. The van der Waals surface area contributed by atoms with Crippen LogP contribution >= 0.6 is 0 Å². The third-order valence-corrected chi connectivity index (χ3v) is 2.90. The van der Waals surface area contributed by atoms with Crippen LogP contribution in [0.2, 0.25) is 0 Å². The van der Waals surface area contributed by atoms with Crippen molar-refractivity contribution in [2.24, 2.45) is 0 Å². The topological polar surface area (TPSA) is 53.6 Å². The molecule has 0 saturated heterocycles. The highest BCUT2D eigenvalue weighted by Crippen LogP contribution is 2.17. The van der Waals surface area contributed by atoms with Crippen LogP contribution in [0.1, 0.15) is 31.9 Å². The van der Waals surface area contributed by atoms with Gasteiger partial charge in [0, 0.05) is 18.3 Å². The molecule has 1 N–H and O–H groups in total. The highest BCUT2D eigenvalue weighted by atomic mass is 19.1. The summed E-state index contributed by atoms with van der Waals surface area (Å²) in [6.07, 6.45) is 3.70. The van der Waals surface area contributed by atoms with Gasteiger partial charge in [-0.05, 0) is 39.0 Å². The van der Waals surface area contributed by atoms with E-state index in [2.05, 4.69) is 31.2 Å². The summed E-state index contributed by atoms with van der Waals surface area (Å²) in [5, 5.41) is 16.0. The average molecular weight is 272 g/mol. The van der Waals surface area contributed by atoms with Gasteiger partial charge in [-0.2, -0.15) is 10.4 Å². The number of nitriles is 1. The molecule has 0 radical (unpaired) electrons. The van der Waals surface area contributed by atoms with Crippen LogP contribution in [0.25, 0.3) is 0 Å². The van der Waals surface area contributed by atoms with E-state index < -0.39 is 5.82 Å². The molecule has 1 aromatic heterocycles. The number of hydrogen-bond acceptors (Lipinski definition) is 3. The Morgan fingerprint density at radius 2 is 2.15 bits per heavy atom. The van der Waals surface area contributed by atoms with Crippen molar-refractivity contribution in [2.75, 3.05) is 5.32 Å². The number of nitrogens with one attached hydrogen (secondary N) is 1. The Kier molecular flexibility index (Phi) is 3.75. The number of aromatic nitrogens is 2. The molecule has 0 unspecified atom stereocenters. The van der Waals surface area contributed by atoms with Crippen LogP contribution in [0.5, 0.6) is 0 Å². The lowest BCUT2D eigenvalue weighted by Gasteiger charge is -2.18. The number of rotatable bonds is 3. The fourth-order valence-corrected chi connectivity index (χ4v) is 1.74. The van der Waals surface area contributed by atoms with E-state index in [1.165, 1.54) is 6.07 Å². The van der Waals surface area contributed by atoms with Gasteiger partial charge in [0.05, 0.1) is 29.1 Å². The number of halogens is 1. The van der Waals surface area contributed by atoms with E-state index in [9.17, 15) is 4.39 Å². The van der Waals surface area contributed by atoms with Gasteiger partial charge >= 0.3 is 0 Å². The van der Waals surface area contributed by atoms with Crippen molar-refractivity contribution in [1.82, 2.24) is 9.78 Å². The number of anilines is 1. The molecule has 0 aliphatic heterocycles. The van der Waals surface area contributed by atoms with Gasteiger partial charge in [0.15, 0.2) is 0 Å². The minimum absolute atomic E-state index is 0.0715. The van der Waals surface area contributed by atoms with E-state index in [0.29, 0.717) is 17.8 Å². The summed E-state index contributed by atoms with van der Waals surface area (Å²) in [5.41, 5.74) is 1.60. The van der Waals surface area contributed by atoms with Crippen LogP contribution in [0, 0.1) is 17.1 Å². The predicted octanol–water partition coefficient (Wildman–Crippen LogP) is 3.26. The fraction of sp³-hybridized carbons (Fsp3) is 0.333. The molecule has 0 aliphatic carbocycles. The lowest BCUT2D eigenvalue weighted by Crippen LogP contribution is -2.21. The van der Waals surface area contributed by atoms with Gasteiger partial charge in [0.25, 0.3) is 0 Å². The van der Waals surface area contributed by atoms with E-state index in [0.717, 1.165) is 5.56 Å². The Bertz CT molecular complexity index is 647. The molecule has 0 fully saturated rings. The van der Waals surface area contributed by atoms with Gasteiger partial charge in [-0.3, -0.25) is 4.68 Å². The third-order valence-electron chi connectivity index (χ3n) is 2.90. The molecule has 1 aromatic carbocycles. The van der Waals surface area contributed by atoms with Crippen LogP contribution in [-0.4, -0.2) is 9.78 Å². The van der Waals surface area contributed by atoms with E-state index in [-0.39, 0.29) is 5.54 Å². The molecule has 2 rings (SSSR count). The largest absolute Gasteiger partial charge is 0.378 e. The summed E-state index contributed by atoms with van der Waals surface area (Å²) in [5.74, 6) is -0.424. The molecule has 0 spiro atoms. The van der Waals surface area contributed by atoms with Crippen molar-refractivity contribution < 1.29 is 4.39 Å². The highest BCUT2D eigenvalue weighted by molar-refractivity contribution is 5.49. The van der Waals surface area contributed by atoms with Gasteiger partial charge in [-0.1, -0.05) is 0 Å². The first-order valence-corrected chi connectivity index (χ1v) is 6.38. The minimum Gasteiger partial charge on any atom is -0.378 e. The molecule has 0 aliphatic rings. The summed E-state index contributed by atoms with van der Waals surface area (Å²) >= 11 is 0. The SMILES string of the molecule is CC(C)(C)n1cc(CNc2ccc(C#N)cc2F)cn1. The van der Waals surface area contributed by atoms with Crippen molar-refractivity contribution in [3.05, 3.63) is 47.5 Å². The highest BCUT2D eigenvalue weighted by Gasteiger charge is 2.13. The first-order chi connectivity index (χ1) is 9.40. The van der Waals surface area contributed by atoms with Crippen molar-refractivity contribution >= 4 is 5.69 Å². The fourth-order valence-electron chi connectivity index (χ4n) is 1.74. The third kappa shape index (κ3) is 3.15. The lowest BCUT2D eigenvalue weighted by atomic mass is 10.1. The van der Waals surface area contributed by atoms with E-state index in [1.54, 1.807) is 18.3 Å². The molecule has 1 heterocycles. The smallest absolute Gasteiger partial charge is 0.147 e. The number of hydrogen-bond donors (Lipinski definition) is 1. The van der Waals surface area contributed by atoms with Crippen LogP contribution in [0.3, 0.4) is 0 Å². The van der Waals surface area contributed by atoms with Crippen molar-refractivity contribution in [3.8, 4) is 6.07 Å². The maximum Gasteiger partial charge on any atom is 0.147 e. The quantitative estimate of drug-likeness (QED) is 0.933. The van der Waals surface area contributed by atoms with Gasteiger partial charge in [0.1, 0.15) is 5.82 Å². The summed E-state index contributed by atoms with van der Waals surface area (Å²) in [4.78, 5) is 0. The van der Waals surface area contributed by atoms with Crippen LogP contribution < -0.4 is 5.32 Å². The van der Waals surface area contributed by atoms with Gasteiger partial charge in [0.2, 0.25) is 0 Å². The molecule has 5 heteroatoms. The van der Waals surface area contributed by atoms with Crippen LogP contribution in [0.15, 0.2) is 30.6 Å². The summed E-state index contributed by atoms with van der Waals surface area (Å²) in [6.45, 7) is 6.69. The van der Waals surface area contributed by atoms with Gasteiger partial charge in [-0.15, -0.1) is 0 Å². The Morgan fingerprint density at radius 1 is 1.40 bits per heavy atom. The first-order valence-electron chi connectivity index (χ1n) is 6.38. The van der Waals surface area contributed by atoms with E-state index in [4.69, 9.17) is 5.26 Å². The summed E-state index contributed by atoms with van der Waals surface area (Å²) in [7, 11) is 0. The molecular weight excluding hydrogens is 255 g/mol. The standard InChI is InChI=1S/C15H17FN4/c1-15(2,3)20-10-12(9-19-20)8-18-14-5-4-11(7-17)6-13(14)16/h4-6,9-10,18H,8H2,1-3H3. The van der Waals surface area contributed by atoms with E-state index >= 15 is 0 Å². The molecular formula is C15H17FN4. The first kappa shape index (κ1) is 14.1. The predicted molar refractivity (Wildman–Crippen MR) is 75.7 cm³/mol. The summed E-state index contributed by atoms with van der Waals surface area (Å²) in [6, 6.07) is 6.29. The zero-order valence-electron chi connectivity index (χ0n) is 11.8. The van der Waals surface area contributed by atoms with Crippen LogP contribution in [0.4, 0.5) is 10.1 Å². The zero-order valence-corrected chi connectivity index (χ0v) is 11.8. The molecule has 104 valence electrons. The Morgan fingerprint density at radius 3 is 2.70 bits per heavy atom. The maximum absolute atomic E-state index is 13.7. The normalized spacial score (nSPS) is 11.2. The second kappa shape index (κ2) is 5.33. The van der Waals surface area contributed by atoms with Crippen molar-refractivity contribution in [1.29, 1.82) is 5.26 Å². The van der Waals surface area contributed by atoms with Gasteiger partial charge in [-0.25, -0.2) is 4.39 Å². The Labute approximate surface area is 117 Å². The minimum atomic E-state index is -0.424. The Hall–Kier alpha value is -2.35. The lowest BCUT2D eigenvalue weighted by molar-refractivity contribution is 0.355. The van der Waals surface area contributed by atoms with Crippen molar-refractivity contribution in [3.63, 3.8) is 0 Å². The molecule has 0 bridgehead atoms. The molecule has 4 nitrogen and oxygen atoms in total. The second-order valence-corrected chi connectivity index (χ2v) is 5.62. The van der Waals surface area contributed by atoms with E-state index in [1.807, 2.05) is 16.9 Å². The Balaban J connectivity index is 2.06. The zero-order chi connectivity index (χ0) is 14.8.